The maximum Gasteiger partial charge on any atom is 0.243 e. The van der Waals surface area contributed by atoms with Crippen molar-refractivity contribution in [2.75, 3.05) is 39.3 Å². The van der Waals surface area contributed by atoms with Crippen LogP contribution in [0.3, 0.4) is 0 Å². The van der Waals surface area contributed by atoms with E-state index in [2.05, 4.69) is 10.6 Å². The van der Waals surface area contributed by atoms with Crippen LogP contribution in [0.25, 0.3) is 0 Å². The molecule has 1 saturated heterocycles. The molecule has 0 spiro atoms. The van der Waals surface area contributed by atoms with Gasteiger partial charge in [-0.15, -0.1) is 0 Å². The van der Waals surface area contributed by atoms with Crippen molar-refractivity contribution in [1.29, 1.82) is 0 Å². The van der Waals surface area contributed by atoms with E-state index in [1.165, 1.54) is 4.31 Å². The van der Waals surface area contributed by atoms with Gasteiger partial charge in [0.25, 0.3) is 0 Å². The summed E-state index contributed by atoms with van der Waals surface area (Å²) in [6.07, 6.45) is 0. The Labute approximate surface area is 167 Å². The van der Waals surface area contributed by atoms with Crippen LogP contribution in [0.1, 0.15) is 25.0 Å². The van der Waals surface area contributed by atoms with Gasteiger partial charge in [-0.05, 0) is 39.3 Å². The number of carbonyl (C=O) groups is 2. The average Bonchev–Trinajstić information content (AvgIpc) is 2.61. The first-order valence-electron chi connectivity index (χ1n) is 9.52. The number of nitrogens with zero attached hydrogens (tertiary/aromatic N) is 2. The summed E-state index contributed by atoms with van der Waals surface area (Å²) in [5.41, 5.74) is 1.76. The number of benzene rings is 1. The van der Waals surface area contributed by atoms with E-state index in [-0.39, 0.29) is 18.4 Å². The zero-order valence-corrected chi connectivity index (χ0v) is 17.8. The Kier molecular flexibility index (Phi) is 7.56. The minimum atomic E-state index is -3.54. The smallest absolute Gasteiger partial charge is 0.243 e. The maximum absolute atomic E-state index is 12.9. The fourth-order valence-electron chi connectivity index (χ4n) is 3.24. The van der Waals surface area contributed by atoms with Gasteiger partial charge >= 0.3 is 0 Å². The SMILES string of the molecule is CCNC(=O)[C@H](C)NC(=O)CN1CCN(S(=O)(=O)c2ccc(C)cc2C)CC1. The van der Waals surface area contributed by atoms with Gasteiger partial charge in [0.2, 0.25) is 21.8 Å². The molecule has 1 aliphatic rings. The number of hydrogen-bond donors (Lipinski definition) is 2. The minimum absolute atomic E-state index is 0.140. The second-order valence-electron chi connectivity index (χ2n) is 7.13. The molecular weight excluding hydrogens is 380 g/mol. The van der Waals surface area contributed by atoms with Crippen molar-refractivity contribution < 1.29 is 18.0 Å². The van der Waals surface area contributed by atoms with Crippen molar-refractivity contribution in [3.05, 3.63) is 29.3 Å². The summed E-state index contributed by atoms with van der Waals surface area (Å²) in [5, 5.41) is 5.33. The Balaban J connectivity index is 1.90. The quantitative estimate of drug-likeness (QED) is 0.671. The molecule has 2 N–H and O–H groups in total. The van der Waals surface area contributed by atoms with Crippen LogP contribution in [-0.2, 0) is 19.6 Å². The summed E-state index contributed by atoms with van der Waals surface area (Å²) >= 11 is 0. The molecule has 0 aromatic heterocycles. The Morgan fingerprint density at radius 3 is 2.36 bits per heavy atom. The van der Waals surface area contributed by atoms with Gasteiger partial charge in [-0.1, -0.05) is 17.7 Å². The zero-order chi connectivity index (χ0) is 20.9. The molecule has 156 valence electrons. The van der Waals surface area contributed by atoms with E-state index in [4.69, 9.17) is 0 Å². The molecule has 0 unspecified atom stereocenters. The highest BCUT2D eigenvalue weighted by molar-refractivity contribution is 7.89. The topological polar surface area (TPSA) is 98.8 Å². The Morgan fingerprint density at radius 1 is 1.14 bits per heavy atom. The first kappa shape index (κ1) is 22.3. The lowest BCUT2D eigenvalue weighted by Crippen LogP contribution is -2.53. The second kappa shape index (κ2) is 9.49. The number of carbonyl (C=O) groups excluding carboxylic acids is 2. The van der Waals surface area contributed by atoms with E-state index < -0.39 is 16.1 Å². The van der Waals surface area contributed by atoms with Crippen molar-refractivity contribution in [3.63, 3.8) is 0 Å². The van der Waals surface area contributed by atoms with Crippen LogP contribution in [-0.4, -0.2) is 74.7 Å². The van der Waals surface area contributed by atoms with Gasteiger partial charge in [0.05, 0.1) is 11.4 Å². The van der Waals surface area contributed by atoms with E-state index in [9.17, 15) is 18.0 Å². The third kappa shape index (κ3) is 5.52. The highest BCUT2D eigenvalue weighted by Gasteiger charge is 2.30. The summed E-state index contributed by atoms with van der Waals surface area (Å²) < 4.78 is 27.3. The lowest BCUT2D eigenvalue weighted by Gasteiger charge is -2.34. The summed E-state index contributed by atoms with van der Waals surface area (Å²) in [6.45, 7) is 9.42. The van der Waals surface area contributed by atoms with E-state index >= 15 is 0 Å². The number of piperazine rings is 1. The van der Waals surface area contributed by atoms with Crippen LogP contribution in [0.15, 0.2) is 23.1 Å². The predicted octanol–water partition coefficient (Wildman–Crippen LogP) is 0.251. The van der Waals surface area contributed by atoms with Crippen molar-refractivity contribution in [3.8, 4) is 0 Å². The normalized spacial score (nSPS) is 17.1. The summed E-state index contributed by atoms with van der Waals surface area (Å²) in [5.74, 6) is -0.468. The molecule has 1 fully saturated rings. The number of nitrogens with one attached hydrogen (secondary N) is 2. The molecule has 1 aliphatic heterocycles. The number of likely N-dealkylation sites (N-methyl/N-ethyl adjacent to an activating group) is 1. The Hall–Kier alpha value is -1.97. The summed E-state index contributed by atoms with van der Waals surface area (Å²) in [7, 11) is -3.54. The summed E-state index contributed by atoms with van der Waals surface area (Å²) in [6, 6.07) is 4.72. The van der Waals surface area contributed by atoms with Gasteiger partial charge in [-0.25, -0.2) is 8.42 Å². The summed E-state index contributed by atoms with van der Waals surface area (Å²) in [4.78, 5) is 26.1. The van der Waals surface area contributed by atoms with Crippen molar-refractivity contribution in [2.45, 2.75) is 38.6 Å². The number of aryl methyl sites for hydroxylation is 2. The lowest BCUT2D eigenvalue weighted by atomic mass is 10.2. The molecule has 1 aromatic carbocycles. The molecule has 28 heavy (non-hydrogen) atoms. The largest absolute Gasteiger partial charge is 0.355 e. The number of amides is 2. The molecule has 2 amide bonds. The third-order valence-corrected chi connectivity index (χ3v) is 6.83. The number of rotatable bonds is 7. The first-order valence-corrected chi connectivity index (χ1v) is 11.0. The van der Waals surface area contributed by atoms with Gasteiger partial charge < -0.3 is 10.6 Å². The number of sulfonamides is 1. The Morgan fingerprint density at radius 2 is 1.79 bits per heavy atom. The molecule has 1 heterocycles. The molecule has 8 nitrogen and oxygen atoms in total. The van der Waals surface area contributed by atoms with Crippen LogP contribution < -0.4 is 10.6 Å². The van der Waals surface area contributed by atoms with Gasteiger partial charge in [0.1, 0.15) is 6.04 Å². The van der Waals surface area contributed by atoms with Crippen LogP contribution in [0.5, 0.6) is 0 Å². The third-order valence-electron chi connectivity index (χ3n) is 4.77. The fraction of sp³-hybridized carbons (Fsp3) is 0.579. The van der Waals surface area contributed by atoms with Gasteiger partial charge in [-0.3, -0.25) is 14.5 Å². The zero-order valence-electron chi connectivity index (χ0n) is 17.0. The standard InChI is InChI=1S/C19H30N4O4S/c1-5-20-19(25)16(4)21-18(24)13-22-8-10-23(11-9-22)28(26,27)17-7-6-14(2)12-15(17)3/h6-7,12,16H,5,8-11,13H2,1-4H3,(H,20,25)(H,21,24)/t16-/m0/s1. The highest BCUT2D eigenvalue weighted by Crippen LogP contribution is 2.22. The van der Waals surface area contributed by atoms with Crippen molar-refractivity contribution in [1.82, 2.24) is 19.8 Å². The van der Waals surface area contributed by atoms with Gasteiger partial charge in [-0.2, -0.15) is 4.31 Å². The van der Waals surface area contributed by atoms with Crippen molar-refractivity contribution >= 4 is 21.8 Å². The molecule has 0 radical (unpaired) electrons. The molecule has 1 atom stereocenters. The van der Waals surface area contributed by atoms with Crippen LogP contribution in [0, 0.1) is 13.8 Å². The molecule has 0 bridgehead atoms. The van der Waals surface area contributed by atoms with E-state index in [0.29, 0.717) is 37.6 Å². The molecule has 9 heteroatoms. The molecule has 1 aromatic rings. The monoisotopic (exact) mass is 410 g/mol. The van der Waals surface area contributed by atoms with Crippen LogP contribution >= 0.6 is 0 Å². The average molecular weight is 411 g/mol. The lowest BCUT2D eigenvalue weighted by molar-refractivity contribution is -0.129. The minimum Gasteiger partial charge on any atom is -0.355 e. The highest BCUT2D eigenvalue weighted by atomic mass is 32.2. The van der Waals surface area contributed by atoms with Crippen molar-refractivity contribution in [2.24, 2.45) is 0 Å². The van der Waals surface area contributed by atoms with E-state index in [1.807, 2.05) is 24.8 Å². The second-order valence-corrected chi connectivity index (χ2v) is 9.04. The Bertz CT molecular complexity index is 817. The first-order chi connectivity index (χ1) is 13.1. The van der Waals surface area contributed by atoms with Gasteiger partial charge in [0, 0.05) is 32.7 Å². The fourth-order valence-corrected chi connectivity index (χ4v) is 4.87. The predicted molar refractivity (Wildman–Crippen MR) is 107 cm³/mol. The number of hydrogen-bond acceptors (Lipinski definition) is 5. The molecule has 0 saturated carbocycles. The molecule has 2 rings (SSSR count). The van der Waals surface area contributed by atoms with E-state index in [1.54, 1.807) is 26.0 Å². The van der Waals surface area contributed by atoms with Crippen LogP contribution in [0.4, 0.5) is 0 Å². The molecule has 0 aliphatic carbocycles. The molecular formula is C19H30N4O4S. The van der Waals surface area contributed by atoms with E-state index in [0.717, 1.165) is 11.1 Å². The van der Waals surface area contributed by atoms with Crippen LogP contribution in [0.2, 0.25) is 0 Å². The van der Waals surface area contributed by atoms with Gasteiger partial charge in [0.15, 0.2) is 0 Å². The maximum atomic E-state index is 12.9.